The van der Waals surface area contributed by atoms with Gasteiger partial charge in [0, 0.05) is 12.5 Å². The molecule has 3 N–H and O–H groups in total. The predicted octanol–water partition coefficient (Wildman–Crippen LogP) is 2.07. The van der Waals surface area contributed by atoms with E-state index in [1.807, 2.05) is 0 Å². The Bertz CT molecular complexity index is 217. The predicted molar refractivity (Wildman–Crippen MR) is 65.2 cm³/mol. The van der Waals surface area contributed by atoms with E-state index in [0.717, 1.165) is 19.5 Å². The summed E-state index contributed by atoms with van der Waals surface area (Å²) in [5.74, 6) is 0.675. The fraction of sp³-hybridized carbons (Fsp3) is 0.917. The number of nitrogens with one attached hydrogen (secondary N) is 1. The van der Waals surface area contributed by atoms with Crippen LogP contribution in [0.4, 0.5) is 0 Å². The molecule has 1 aliphatic rings. The second-order valence-electron chi connectivity index (χ2n) is 5.91. The van der Waals surface area contributed by atoms with Crippen molar-refractivity contribution in [2.45, 2.75) is 40.0 Å². The molecule has 3 heteroatoms. The minimum atomic E-state index is 0.304. The maximum atomic E-state index is 7.48. The molecule has 1 rings (SSSR count). The first kappa shape index (κ1) is 12.5. The van der Waals surface area contributed by atoms with Crippen molar-refractivity contribution in [3.05, 3.63) is 0 Å². The van der Waals surface area contributed by atoms with Crippen LogP contribution in [0.1, 0.15) is 40.0 Å². The van der Waals surface area contributed by atoms with Gasteiger partial charge in [-0.25, -0.2) is 0 Å². The van der Waals surface area contributed by atoms with Crippen LogP contribution in [0.25, 0.3) is 0 Å². The molecular weight excluding hydrogens is 186 g/mol. The maximum Gasteiger partial charge on any atom is 0.0949 e. The molecule has 0 aromatic carbocycles. The van der Waals surface area contributed by atoms with Gasteiger partial charge in [-0.1, -0.05) is 20.8 Å². The van der Waals surface area contributed by atoms with Crippen molar-refractivity contribution in [3.63, 3.8) is 0 Å². The zero-order valence-electron chi connectivity index (χ0n) is 10.3. The second-order valence-corrected chi connectivity index (χ2v) is 5.91. The van der Waals surface area contributed by atoms with Gasteiger partial charge in [0.15, 0.2) is 0 Å². The summed E-state index contributed by atoms with van der Waals surface area (Å²) >= 11 is 0. The normalized spacial score (nSPS) is 24.1. The summed E-state index contributed by atoms with van der Waals surface area (Å²) in [6.45, 7) is 10.1. The lowest BCUT2D eigenvalue weighted by Crippen LogP contribution is -2.41. The van der Waals surface area contributed by atoms with Gasteiger partial charge in [0.2, 0.25) is 0 Å². The smallest absolute Gasteiger partial charge is 0.0949 e. The minimum Gasteiger partial charge on any atom is -0.387 e. The fourth-order valence-corrected chi connectivity index (χ4v) is 2.01. The zero-order valence-corrected chi connectivity index (χ0v) is 10.3. The quantitative estimate of drug-likeness (QED) is 0.554. The van der Waals surface area contributed by atoms with Crippen LogP contribution in [0.2, 0.25) is 0 Å². The monoisotopic (exact) mass is 211 g/mol. The first-order valence-electron chi connectivity index (χ1n) is 5.95. The van der Waals surface area contributed by atoms with Gasteiger partial charge >= 0.3 is 0 Å². The van der Waals surface area contributed by atoms with Crippen molar-refractivity contribution in [1.29, 1.82) is 5.41 Å². The standard InChI is InChI=1S/C12H25N3/c1-12(2,3)6-8-15-7-4-5-10(9-15)11(13)14/h10H,4-9H2,1-3H3,(H3,13,14). The largest absolute Gasteiger partial charge is 0.387 e. The van der Waals surface area contributed by atoms with Crippen molar-refractivity contribution in [1.82, 2.24) is 4.90 Å². The SMILES string of the molecule is CC(C)(C)CCN1CCCC(C(=N)N)C1. The van der Waals surface area contributed by atoms with Gasteiger partial charge in [0.25, 0.3) is 0 Å². The van der Waals surface area contributed by atoms with Crippen molar-refractivity contribution in [3.8, 4) is 0 Å². The van der Waals surface area contributed by atoms with Crippen LogP contribution in [0.3, 0.4) is 0 Å². The van der Waals surface area contributed by atoms with E-state index >= 15 is 0 Å². The number of nitrogens with two attached hydrogens (primary N) is 1. The molecule has 0 aromatic heterocycles. The maximum absolute atomic E-state index is 7.48. The highest BCUT2D eigenvalue weighted by Crippen LogP contribution is 2.22. The molecular formula is C12H25N3. The summed E-state index contributed by atoms with van der Waals surface area (Å²) in [6.07, 6.45) is 3.51. The van der Waals surface area contributed by atoms with Gasteiger partial charge < -0.3 is 10.6 Å². The summed E-state index contributed by atoms with van der Waals surface area (Å²) in [5.41, 5.74) is 5.97. The number of piperidine rings is 1. The summed E-state index contributed by atoms with van der Waals surface area (Å²) in [7, 11) is 0. The van der Waals surface area contributed by atoms with Crippen LogP contribution in [0.15, 0.2) is 0 Å². The number of hydrogen-bond donors (Lipinski definition) is 2. The number of amidine groups is 1. The number of hydrogen-bond acceptors (Lipinski definition) is 2. The van der Waals surface area contributed by atoms with E-state index in [-0.39, 0.29) is 0 Å². The van der Waals surface area contributed by atoms with Crippen molar-refractivity contribution >= 4 is 5.84 Å². The summed E-state index contributed by atoms with van der Waals surface area (Å²) in [6, 6.07) is 0. The lowest BCUT2D eigenvalue weighted by molar-refractivity contribution is 0.177. The molecule has 0 radical (unpaired) electrons. The van der Waals surface area contributed by atoms with Crippen LogP contribution in [-0.2, 0) is 0 Å². The number of rotatable bonds is 3. The molecule has 0 spiro atoms. The lowest BCUT2D eigenvalue weighted by atomic mass is 9.91. The molecule has 1 atom stereocenters. The highest BCUT2D eigenvalue weighted by atomic mass is 15.1. The molecule has 0 saturated carbocycles. The minimum absolute atomic E-state index is 0.304. The molecule has 1 saturated heterocycles. The zero-order chi connectivity index (χ0) is 11.5. The molecule has 0 aliphatic carbocycles. The highest BCUT2D eigenvalue weighted by Gasteiger charge is 2.22. The third kappa shape index (κ3) is 4.65. The molecule has 0 amide bonds. The Morgan fingerprint density at radius 1 is 1.47 bits per heavy atom. The van der Waals surface area contributed by atoms with Crippen LogP contribution < -0.4 is 5.73 Å². The van der Waals surface area contributed by atoms with Crippen LogP contribution in [-0.4, -0.2) is 30.4 Å². The van der Waals surface area contributed by atoms with Gasteiger partial charge in [0.05, 0.1) is 5.84 Å². The van der Waals surface area contributed by atoms with Crippen molar-refractivity contribution < 1.29 is 0 Å². The molecule has 0 aromatic rings. The van der Waals surface area contributed by atoms with Gasteiger partial charge in [-0.05, 0) is 37.8 Å². The molecule has 1 unspecified atom stereocenters. The lowest BCUT2D eigenvalue weighted by Gasteiger charge is -2.33. The molecule has 0 bridgehead atoms. The van der Waals surface area contributed by atoms with E-state index in [1.165, 1.54) is 19.4 Å². The molecule has 1 fully saturated rings. The van der Waals surface area contributed by atoms with Crippen molar-refractivity contribution in [2.75, 3.05) is 19.6 Å². The molecule has 3 nitrogen and oxygen atoms in total. The Kier molecular flexibility index (Phi) is 4.14. The fourth-order valence-electron chi connectivity index (χ4n) is 2.01. The van der Waals surface area contributed by atoms with Crippen LogP contribution >= 0.6 is 0 Å². The number of likely N-dealkylation sites (tertiary alicyclic amines) is 1. The third-order valence-electron chi connectivity index (χ3n) is 3.12. The van der Waals surface area contributed by atoms with E-state index in [0.29, 0.717) is 17.2 Å². The first-order chi connectivity index (χ1) is 6.88. The molecule has 1 aliphatic heterocycles. The van der Waals surface area contributed by atoms with E-state index in [2.05, 4.69) is 25.7 Å². The van der Waals surface area contributed by atoms with Crippen LogP contribution in [0, 0.1) is 16.7 Å². The molecule has 88 valence electrons. The third-order valence-corrected chi connectivity index (χ3v) is 3.12. The average molecular weight is 211 g/mol. The van der Waals surface area contributed by atoms with E-state index in [4.69, 9.17) is 11.1 Å². The highest BCUT2D eigenvalue weighted by molar-refractivity contribution is 5.79. The summed E-state index contributed by atoms with van der Waals surface area (Å²) in [5, 5.41) is 7.48. The second kappa shape index (κ2) is 4.97. The van der Waals surface area contributed by atoms with E-state index in [1.54, 1.807) is 0 Å². The van der Waals surface area contributed by atoms with E-state index in [9.17, 15) is 0 Å². The topological polar surface area (TPSA) is 53.1 Å². The average Bonchev–Trinajstić information content (AvgIpc) is 2.14. The molecule has 1 heterocycles. The number of nitrogens with zero attached hydrogens (tertiary/aromatic N) is 1. The Morgan fingerprint density at radius 3 is 2.67 bits per heavy atom. The Labute approximate surface area is 93.5 Å². The Balaban J connectivity index is 2.34. The van der Waals surface area contributed by atoms with Gasteiger partial charge in [-0.15, -0.1) is 0 Å². The van der Waals surface area contributed by atoms with Gasteiger partial charge in [0.1, 0.15) is 0 Å². The first-order valence-corrected chi connectivity index (χ1v) is 5.95. The van der Waals surface area contributed by atoms with E-state index < -0.39 is 0 Å². The van der Waals surface area contributed by atoms with Gasteiger partial charge in [-0.3, -0.25) is 5.41 Å². The Morgan fingerprint density at radius 2 is 2.13 bits per heavy atom. The van der Waals surface area contributed by atoms with Crippen molar-refractivity contribution in [2.24, 2.45) is 17.1 Å². The summed E-state index contributed by atoms with van der Waals surface area (Å²) in [4.78, 5) is 2.46. The summed E-state index contributed by atoms with van der Waals surface area (Å²) < 4.78 is 0. The Hall–Kier alpha value is -0.570. The van der Waals surface area contributed by atoms with Gasteiger partial charge in [-0.2, -0.15) is 0 Å². The molecule has 15 heavy (non-hydrogen) atoms. The van der Waals surface area contributed by atoms with Crippen LogP contribution in [0.5, 0.6) is 0 Å².